The molecule has 0 bridgehead atoms. The van der Waals surface area contributed by atoms with Crippen molar-refractivity contribution in [3.63, 3.8) is 0 Å². The first kappa shape index (κ1) is 12.5. The lowest BCUT2D eigenvalue weighted by atomic mass is 9.93. The predicted molar refractivity (Wildman–Crippen MR) is 63.5 cm³/mol. The molecule has 1 atom stereocenters. The number of piperidine rings is 1. The largest absolute Gasteiger partial charge is 0.384 e. The number of aromatic nitrogens is 2. The fourth-order valence-electron chi connectivity index (χ4n) is 2.29. The Morgan fingerprint density at radius 1 is 1.47 bits per heavy atom. The molecule has 0 aliphatic carbocycles. The summed E-state index contributed by atoms with van der Waals surface area (Å²) in [4.78, 5) is 6.67. The molecule has 0 radical (unpaired) electrons. The summed E-state index contributed by atoms with van der Waals surface area (Å²) in [6.45, 7) is 7.32. The maximum Gasteiger partial charge on any atom is 0.255 e. The summed E-state index contributed by atoms with van der Waals surface area (Å²) in [5.74, 6) is 1.71. The molecule has 2 heterocycles. The fraction of sp³-hybridized carbons (Fsp3) is 0.833. The van der Waals surface area contributed by atoms with Gasteiger partial charge in [0.1, 0.15) is 6.10 Å². The Hall–Kier alpha value is -0.940. The van der Waals surface area contributed by atoms with Gasteiger partial charge in [-0.25, -0.2) is 0 Å². The van der Waals surface area contributed by atoms with E-state index in [-0.39, 0.29) is 0 Å². The summed E-state index contributed by atoms with van der Waals surface area (Å²) >= 11 is 0. The summed E-state index contributed by atoms with van der Waals surface area (Å²) < 4.78 is 4.99. The van der Waals surface area contributed by atoms with Crippen LogP contribution in [-0.4, -0.2) is 39.8 Å². The molecule has 5 nitrogen and oxygen atoms in total. The molecule has 96 valence electrons. The van der Waals surface area contributed by atoms with Gasteiger partial charge in [-0.15, -0.1) is 0 Å². The third-order valence-corrected chi connectivity index (χ3v) is 3.47. The van der Waals surface area contributed by atoms with Crippen LogP contribution in [0, 0.1) is 5.92 Å². The Bertz CT molecular complexity index is 343. The third-order valence-electron chi connectivity index (χ3n) is 3.47. The van der Waals surface area contributed by atoms with Crippen LogP contribution < -0.4 is 0 Å². The second-order valence-corrected chi connectivity index (χ2v) is 4.81. The first-order chi connectivity index (χ1) is 8.19. The van der Waals surface area contributed by atoms with E-state index in [1.165, 1.54) is 25.9 Å². The van der Waals surface area contributed by atoms with Gasteiger partial charge in [-0.2, -0.15) is 4.98 Å². The van der Waals surface area contributed by atoms with Crippen LogP contribution in [0.2, 0.25) is 0 Å². The van der Waals surface area contributed by atoms with E-state index in [0.29, 0.717) is 11.8 Å². The van der Waals surface area contributed by atoms with Gasteiger partial charge in [0.15, 0.2) is 5.82 Å². The molecular formula is C12H21N3O2. The van der Waals surface area contributed by atoms with E-state index in [2.05, 4.69) is 22.0 Å². The quantitative estimate of drug-likeness (QED) is 0.860. The second kappa shape index (κ2) is 5.60. The minimum Gasteiger partial charge on any atom is -0.384 e. The minimum atomic E-state index is -0.668. The molecule has 0 amide bonds. The molecule has 17 heavy (non-hydrogen) atoms. The van der Waals surface area contributed by atoms with Crippen molar-refractivity contribution in [3.05, 3.63) is 11.7 Å². The zero-order chi connectivity index (χ0) is 12.3. The van der Waals surface area contributed by atoms with E-state index < -0.39 is 6.10 Å². The normalized spacial score (nSPS) is 20.6. The van der Waals surface area contributed by atoms with Gasteiger partial charge in [0.2, 0.25) is 0 Å². The standard InChI is InChI=1S/C12H21N3O2/c1-3-15-6-4-10(5-7-15)8-11-13-12(9(2)16)17-14-11/h9-10,16H,3-8H2,1-2H3. The van der Waals surface area contributed by atoms with Gasteiger partial charge in [-0.1, -0.05) is 12.1 Å². The molecule has 1 aromatic rings. The van der Waals surface area contributed by atoms with Crippen LogP contribution in [0.1, 0.15) is 44.5 Å². The number of aliphatic hydroxyl groups excluding tert-OH is 1. The summed E-state index contributed by atoms with van der Waals surface area (Å²) in [5, 5.41) is 13.2. The molecule has 0 spiro atoms. The van der Waals surface area contributed by atoms with Crippen molar-refractivity contribution in [2.75, 3.05) is 19.6 Å². The molecule has 5 heteroatoms. The molecule has 1 unspecified atom stereocenters. The van der Waals surface area contributed by atoms with Crippen molar-refractivity contribution >= 4 is 0 Å². The first-order valence-electron chi connectivity index (χ1n) is 6.42. The van der Waals surface area contributed by atoms with E-state index >= 15 is 0 Å². The highest BCUT2D eigenvalue weighted by molar-refractivity contribution is 4.91. The van der Waals surface area contributed by atoms with Crippen molar-refractivity contribution in [3.8, 4) is 0 Å². The van der Waals surface area contributed by atoms with Gasteiger partial charge >= 0.3 is 0 Å². The lowest BCUT2D eigenvalue weighted by Gasteiger charge is -2.30. The van der Waals surface area contributed by atoms with Gasteiger partial charge in [0, 0.05) is 6.42 Å². The highest BCUT2D eigenvalue weighted by Gasteiger charge is 2.21. The Kier molecular flexibility index (Phi) is 4.12. The number of hydrogen-bond donors (Lipinski definition) is 1. The second-order valence-electron chi connectivity index (χ2n) is 4.81. The Morgan fingerprint density at radius 3 is 2.71 bits per heavy atom. The topological polar surface area (TPSA) is 62.4 Å². The lowest BCUT2D eigenvalue weighted by Crippen LogP contribution is -2.34. The number of hydrogen-bond acceptors (Lipinski definition) is 5. The van der Waals surface area contributed by atoms with Crippen molar-refractivity contribution in [1.29, 1.82) is 0 Å². The molecule has 1 N–H and O–H groups in total. The molecular weight excluding hydrogens is 218 g/mol. The molecule has 1 aliphatic heterocycles. The summed E-state index contributed by atoms with van der Waals surface area (Å²) in [6, 6.07) is 0. The number of rotatable bonds is 4. The monoisotopic (exact) mass is 239 g/mol. The van der Waals surface area contributed by atoms with Gasteiger partial charge in [0.05, 0.1) is 0 Å². The van der Waals surface area contributed by atoms with E-state index in [0.717, 1.165) is 18.8 Å². The van der Waals surface area contributed by atoms with E-state index in [1.807, 2.05) is 0 Å². The average molecular weight is 239 g/mol. The van der Waals surface area contributed by atoms with Gasteiger partial charge in [0.25, 0.3) is 5.89 Å². The van der Waals surface area contributed by atoms with Crippen LogP contribution in [-0.2, 0) is 6.42 Å². The number of aliphatic hydroxyl groups is 1. The molecule has 1 aliphatic rings. The maximum absolute atomic E-state index is 9.31. The average Bonchev–Trinajstić information content (AvgIpc) is 2.79. The SMILES string of the molecule is CCN1CCC(Cc2noc(C(C)O)n2)CC1. The summed E-state index contributed by atoms with van der Waals surface area (Å²) in [6.07, 6.45) is 2.60. The highest BCUT2D eigenvalue weighted by Crippen LogP contribution is 2.21. The zero-order valence-corrected chi connectivity index (χ0v) is 10.6. The number of nitrogens with zero attached hydrogens (tertiary/aromatic N) is 3. The third kappa shape index (κ3) is 3.26. The van der Waals surface area contributed by atoms with Crippen molar-refractivity contribution in [2.24, 2.45) is 5.92 Å². The molecule has 1 saturated heterocycles. The first-order valence-corrected chi connectivity index (χ1v) is 6.42. The van der Waals surface area contributed by atoms with Crippen LogP contribution in [0.25, 0.3) is 0 Å². The van der Waals surface area contributed by atoms with Gasteiger partial charge < -0.3 is 14.5 Å². The summed E-state index contributed by atoms with van der Waals surface area (Å²) in [5.41, 5.74) is 0. The van der Waals surface area contributed by atoms with E-state index in [4.69, 9.17) is 4.52 Å². The Labute approximate surface area is 102 Å². The zero-order valence-electron chi connectivity index (χ0n) is 10.6. The maximum atomic E-state index is 9.31. The van der Waals surface area contributed by atoms with Gasteiger partial charge in [-0.05, 0) is 45.3 Å². The molecule has 2 rings (SSSR count). The van der Waals surface area contributed by atoms with Crippen LogP contribution in [0.15, 0.2) is 4.52 Å². The van der Waals surface area contributed by atoms with Crippen LogP contribution in [0.4, 0.5) is 0 Å². The van der Waals surface area contributed by atoms with E-state index in [9.17, 15) is 5.11 Å². The van der Waals surface area contributed by atoms with Crippen LogP contribution in [0.5, 0.6) is 0 Å². The molecule has 1 fully saturated rings. The van der Waals surface area contributed by atoms with Crippen molar-refractivity contribution in [2.45, 2.75) is 39.2 Å². The molecule has 1 aromatic heterocycles. The fourth-order valence-corrected chi connectivity index (χ4v) is 2.29. The van der Waals surface area contributed by atoms with Crippen LogP contribution >= 0.6 is 0 Å². The Balaban J connectivity index is 1.84. The minimum absolute atomic E-state index is 0.325. The Morgan fingerprint density at radius 2 is 2.18 bits per heavy atom. The van der Waals surface area contributed by atoms with Crippen molar-refractivity contribution in [1.82, 2.24) is 15.0 Å². The predicted octanol–water partition coefficient (Wildman–Crippen LogP) is 1.40. The smallest absolute Gasteiger partial charge is 0.255 e. The van der Waals surface area contributed by atoms with Gasteiger partial charge in [-0.3, -0.25) is 0 Å². The highest BCUT2D eigenvalue weighted by atomic mass is 16.5. The molecule has 0 saturated carbocycles. The van der Waals surface area contributed by atoms with Crippen molar-refractivity contribution < 1.29 is 9.63 Å². The molecule has 0 aromatic carbocycles. The summed E-state index contributed by atoms with van der Waals surface area (Å²) in [7, 11) is 0. The number of likely N-dealkylation sites (tertiary alicyclic amines) is 1. The lowest BCUT2D eigenvalue weighted by molar-refractivity contribution is 0.151. The van der Waals surface area contributed by atoms with E-state index in [1.54, 1.807) is 6.92 Å². The van der Waals surface area contributed by atoms with Crippen LogP contribution in [0.3, 0.4) is 0 Å².